The number of urea groups is 1. The standard InChI is InChI=1S/C60H61N5O14/c1-36(2)48(56(70)76-5)62-59(73)64-46-27-22-37(14-12-21-44(54(68)74-3)55(69)75-4)34-45(46)60(58(64)72)47(53(67)61-41-23-25-42(26-24-41)63-28-31-77-32-29-63)50-57(71)79-51(39-17-10-7-11-18-39)49(38-15-8-6-9-16-38)65(50)52(60)40-19-13-20-43(35-40)78-33-30-66/h6-11,13,15-20,22-27,34-36,44,47-52,66H,21,28-33H2,1-5H3,(H,61,67)(H,62,73). The second kappa shape index (κ2) is 24.0. The first-order valence-electron chi connectivity index (χ1n) is 25.9. The molecule has 79 heavy (non-hydrogen) atoms. The summed E-state index contributed by atoms with van der Waals surface area (Å²) in [6.45, 7) is 5.37. The van der Waals surface area contributed by atoms with Crippen LogP contribution in [0.1, 0.15) is 66.3 Å². The van der Waals surface area contributed by atoms with E-state index in [9.17, 15) is 19.5 Å². The van der Waals surface area contributed by atoms with Crippen molar-refractivity contribution in [3.63, 3.8) is 0 Å². The van der Waals surface area contributed by atoms with Crippen molar-refractivity contribution < 1.29 is 67.1 Å². The second-order valence-corrected chi connectivity index (χ2v) is 19.7. The third-order valence-corrected chi connectivity index (χ3v) is 14.9. The molecule has 0 bridgehead atoms. The zero-order valence-corrected chi connectivity index (χ0v) is 44.3. The smallest absolute Gasteiger partial charge is 0.329 e. The molecular weight excluding hydrogens is 1010 g/mol. The fourth-order valence-corrected chi connectivity index (χ4v) is 11.3. The molecule has 9 rings (SSSR count). The van der Waals surface area contributed by atoms with Crippen LogP contribution in [-0.4, -0.2) is 125 Å². The number of cyclic esters (lactones) is 1. The fourth-order valence-electron chi connectivity index (χ4n) is 11.3. The van der Waals surface area contributed by atoms with E-state index >= 15 is 19.2 Å². The maximum Gasteiger partial charge on any atom is 0.329 e. The Labute approximate surface area is 457 Å². The van der Waals surface area contributed by atoms with Crippen molar-refractivity contribution in [3.8, 4) is 17.6 Å². The van der Waals surface area contributed by atoms with Crippen molar-refractivity contribution in [2.75, 3.05) is 76.0 Å². The van der Waals surface area contributed by atoms with Gasteiger partial charge in [0, 0.05) is 36.4 Å². The summed E-state index contributed by atoms with van der Waals surface area (Å²) in [5, 5.41) is 15.7. The molecule has 4 aliphatic rings. The van der Waals surface area contributed by atoms with Gasteiger partial charge >= 0.3 is 29.9 Å². The molecule has 5 aromatic rings. The first-order valence-corrected chi connectivity index (χ1v) is 25.9. The maximum absolute atomic E-state index is 16.9. The molecule has 3 N–H and O–H groups in total. The van der Waals surface area contributed by atoms with E-state index in [0.29, 0.717) is 48.7 Å². The molecular formula is C60H61N5O14. The quantitative estimate of drug-likeness (QED) is 0.0486. The largest absolute Gasteiger partial charge is 0.491 e. The SMILES string of the molecule is COC(=O)C(CC#Cc1ccc2c(c1)C1(C(=O)N2C(=O)NC(C(=O)OC)C(C)C)C(C(=O)Nc2ccc(N3CCOCC3)cc2)C2C(=O)OC(c3ccccc3)C(c3ccccc3)N2C1c1cccc(OCCO)c1)C(=O)OC. The van der Waals surface area contributed by atoms with Crippen molar-refractivity contribution >= 4 is 58.8 Å². The van der Waals surface area contributed by atoms with E-state index in [1.165, 1.54) is 19.2 Å². The average molecular weight is 1080 g/mol. The lowest BCUT2D eigenvalue weighted by Gasteiger charge is -2.46. The molecule has 0 aliphatic carbocycles. The number of carbonyl (C=O) groups excluding carboxylic acids is 7. The van der Waals surface area contributed by atoms with Gasteiger partial charge in [-0.2, -0.15) is 0 Å². The number of aliphatic hydroxyl groups excluding tert-OH is 1. The van der Waals surface area contributed by atoms with Crippen molar-refractivity contribution in [1.82, 2.24) is 10.2 Å². The summed E-state index contributed by atoms with van der Waals surface area (Å²) in [6, 6.07) is 30.8. The number of esters is 4. The minimum atomic E-state index is -2.28. The van der Waals surface area contributed by atoms with E-state index in [4.69, 9.17) is 28.4 Å². The van der Waals surface area contributed by atoms with Gasteiger partial charge in [-0.25, -0.2) is 14.5 Å². The van der Waals surface area contributed by atoms with Crippen molar-refractivity contribution in [3.05, 3.63) is 155 Å². The van der Waals surface area contributed by atoms with Gasteiger partial charge in [0.15, 0.2) is 5.92 Å². The molecule has 4 heterocycles. The summed E-state index contributed by atoms with van der Waals surface area (Å²) in [6.07, 6.45) is -1.37. The van der Waals surface area contributed by atoms with Crippen molar-refractivity contribution in [1.29, 1.82) is 0 Å². The number of amides is 4. The minimum absolute atomic E-state index is 0.00291. The third-order valence-electron chi connectivity index (χ3n) is 14.9. The molecule has 3 fully saturated rings. The van der Waals surface area contributed by atoms with Gasteiger partial charge in [-0.15, -0.1) is 0 Å². The maximum atomic E-state index is 16.9. The highest BCUT2D eigenvalue weighted by atomic mass is 16.6. The van der Waals surface area contributed by atoms with E-state index in [1.807, 2.05) is 77.7 Å². The Bertz CT molecular complexity index is 3140. The van der Waals surface area contributed by atoms with Gasteiger partial charge in [0.1, 0.15) is 36.0 Å². The van der Waals surface area contributed by atoms with E-state index in [-0.39, 0.29) is 42.2 Å². The van der Waals surface area contributed by atoms with Crippen LogP contribution in [0, 0.1) is 29.6 Å². The first kappa shape index (κ1) is 55.2. The highest BCUT2D eigenvalue weighted by molar-refractivity contribution is 6.25. The molecule has 7 atom stereocenters. The van der Waals surface area contributed by atoms with E-state index in [0.717, 1.165) is 24.8 Å². The molecule has 4 amide bonds. The molecule has 410 valence electrons. The molecule has 1 spiro atoms. The molecule has 5 aromatic carbocycles. The number of nitrogens with zero attached hydrogens (tertiary/aromatic N) is 3. The molecule has 0 saturated carbocycles. The van der Waals surface area contributed by atoms with Crippen LogP contribution in [0.4, 0.5) is 21.9 Å². The number of carbonyl (C=O) groups is 7. The summed E-state index contributed by atoms with van der Waals surface area (Å²) in [4.78, 5) is 108. The van der Waals surface area contributed by atoms with E-state index in [2.05, 4.69) is 27.4 Å². The number of hydrogen-bond donors (Lipinski definition) is 3. The van der Waals surface area contributed by atoms with Gasteiger partial charge in [-0.05, 0) is 82.8 Å². The topological polar surface area (TPSA) is 229 Å². The van der Waals surface area contributed by atoms with Crippen LogP contribution in [0.15, 0.2) is 127 Å². The number of fused-ring (bicyclic) bond motifs is 3. The number of anilines is 3. The lowest BCUT2D eigenvalue weighted by Crippen LogP contribution is -2.57. The Balaban J connectivity index is 1.33. The summed E-state index contributed by atoms with van der Waals surface area (Å²) in [7, 11) is 3.44. The van der Waals surface area contributed by atoms with Gasteiger partial charge in [0.25, 0.3) is 0 Å². The normalized spacial score (nSPS) is 21.7. The van der Waals surface area contributed by atoms with Gasteiger partial charge < -0.3 is 49.1 Å². The van der Waals surface area contributed by atoms with Crippen molar-refractivity contribution in [2.45, 2.75) is 56.0 Å². The Hall–Kier alpha value is -8.57. The summed E-state index contributed by atoms with van der Waals surface area (Å²) < 4.78 is 33.1. The molecule has 0 radical (unpaired) electrons. The third kappa shape index (κ3) is 10.6. The summed E-state index contributed by atoms with van der Waals surface area (Å²) in [5.74, 6) is -2.56. The molecule has 19 heteroatoms. The monoisotopic (exact) mass is 1080 g/mol. The molecule has 19 nitrogen and oxygen atoms in total. The number of aliphatic hydroxyl groups is 1. The van der Waals surface area contributed by atoms with Gasteiger partial charge in [-0.1, -0.05) is 98.5 Å². The highest BCUT2D eigenvalue weighted by Gasteiger charge is 2.75. The van der Waals surface area contributed by atoms with Crippen LogP contribution < -0.4 is 25.2 Å². The van der Waals surface area contributed by atoms with Crippen molar-refractivity contribution in [2.24, 2.45) is 17.8 Å². The van der Waals surface area contributed by atoms with Crippen LogP contribution >= 0.6 is 0 Å². The molecule has 4 aliphatic heterocycles. The Morgan fingerprint density at radius 1 is 0.759 bits per heavy atom. The number of rotatable bonds is 15. The second-order valence-electron chi connectivity index (χ2n) is 19.7. The molecule has 0 aromatic heterocycles. The summed E-state index contributed by atoms with van der Waals surface area (Å²) in [5.41, 5.74) is 0.897. The van der Waals surface area contributed by atoms with E-state index in [1.54, 1.807) is 56.3 Å². The number of nitrogens with one attached hydrogen (secondary N) is 2. The van der Waals surface area contributed by atoms with Crippen LogP contribution in [-0.2, 0) is 57.9 Å². The van der Waals surface area contributed by atoms with Gasteiger partial charge in [0.2, 0.25) is 11.8 Å². The number of imide groups is 1. The lowest BCUT2D eigenvalue weighted by molar-refractivity contribution is -0.178. The lowest BCUT2D eigenvalue weighted by atomic mass is 9.65. The average Bonchev–Trinajstić information content (AvgIpc) is 2.07. The zero-order valence-electron chi connectivity index (χ0n) is 44.3. The minimum Gasteiger partial charge on any atom is -0.491 e. The Morgan fingerprint density at radius 2 is 1.41 bits per heavy atom. The van der Waals surface area contributed by atoms with Crippen LogP contribution in [0.5, 0.6) is 5.75 Å². The molecule has 3 saturated heterocycles. The predicted octanol–water partition coefficient (Wildman–Crippen LogP) is 5.81. The zero-order chi connectivity index (χ0) is 56.0. The van der Waals surface area contributed by atoms with Crippen LogP contribution in [0.3, 0.4) is 0 Å². The number of ether oxygens (including phenoxy) is 6. The van der Waals surface area contributed by atoms with Gasteiger partial charge in [0.05, 0.1) is 64.8 Å². The fraction of sp³-hybridized carbons (Fsp3) is 0.350. The number of hydrogen-bond acceptors (Lipinski definition) is 16. The molecule has 7 unspecified atom stereocenters. The number of benzene rings is 5. The predicted molar refractivity (Wildman–Crippen MR) is 287 cm³/mol. The first-order chi connectivity index (χ1) is 38.3. The Morgan fingerprint density at radius 3 is 2.04 bits per heavy atom. The van der Waals surface area contributed by atoms with Crippen LogP contribution in [0.2, 0.25) is 0 Å². The van der Waals surface area contributed by atoms with E-state index < -0.39 is 95.2 Å². The Kier molecular flexibility index (Phi) is 16.8. The number of methoxy groups -OCH3 is 3. The number of morpholine rings is 2. The van der Waals surface area contributed by atoms with Gasteiger partial charge in [-0.3, -0.25) is 28.9 Å². The summed E-state index contributed by atoms with van der Waals surface area (Å²) >= 11 is 0. The highest BCUT2D eigenvalue weighted by Crippen LogP contribution is 2.66. The van der Waals surface area contributed by atoms with Crippen LogP contribution in [0.25, 0.3) is 0 Å².